The third-order valence-electron chi connectivity index (χ3n) is 6.65. The predicted octanol–water partition coefficient (Wildman–Crippen LogP) is 5.13. The molecule has 6 nitrogen and oxygen atoms in total. The van der Waals surface area contributed by atoms with Crippen LogP contribution in [0.2, 0.25) is 0 Å². The molecule has 5 rings (SSSR count). The number of hydrogen-bond acceptors (Lipinski definition) is 5. The van der Waals surface area contributed by atoms with Crippen molar-refractivity contribution in [1.29, 1.82) is 5.26 Å². The summed E-state index contributed by atoms with van der Waals surface area (Å²) in [7, 11) is 0. The highest BCUT2D eigenvalue weighted by atomic mass is 16.3. The maximum atomic E-state index is 11.6. The minimum Gasteiger partial charge on any atom is -0.453 e. The van der Waals surface area contributed by atoms with Crippen LogP contribution in [0, 0.1) is 11.3 Å². The molecule has 33 heavy (non-hydrogen) atoms. The zero-order valence-corrected chi connectivity index (χ0v) is 18.9. The molecule has 2 aromatic heterocycles. The molecule has 0 amide bonds. The fraction of sp³-hybridized carbons (Fsp3) is 0.333. The Kier molecular flexibility index (Phi) is 5.89. The SMILES string of the molecule is CC(=O)c1cc2cc(N3CCN(CCCCc4c[nH]c5ccc(C#N)cc45)CC3)ccc2o1. The quantitative estimate of drug-likeness (QED) is 0.318. The first-order valence-electron chi connectivity index (χ1n) is 11.6. The van der Waals surface area contributed by atoms with E-state index in [4.69, 9.17) is 9.68 Å². The molecule has 1 aliphatic rings. The average molecular weight is 441 g/mol. The smallest absolute Gasteiger partial charge is 0.194 e. The fourth-order valence-electron chi connectivity index (χ4n) is 4.74. The number of fused-ring (bicyclic) bond motifs is 2. The van der Waals surface area contributed by atoms with Crippen LogP contribution in [0.4, 0.5) is 5.69 Å². The lowest BCUT2D eigenvalue weighted by Gasteiger charge is -2.36. The number of benzene rings is 2. The summed E-state index contributed by atoms with van der Waals surface area (Å²) in [5.41, 5.74) is 5.07. The Balaban J connectivity index is 1.11. The number of carbonyl (C=O) groups is 1. The van der Waals surface area contributed by atoms with Crippen molar-refractivity contribution in [1.82, 2.24) is 9.88 Å². The van der Waals surface area contributed by atoms with Gasteiger partial charge in [-0.15, -0.1) is 0 Å². The maximum absolute atomic E-state index is 11.6. The summed E-state index contributed by atoms with van der Waals surface area (Å²) in [6, 6.07) is 16.1. The minimum atomic E-state index is -0.0435. The fourth-order valence-corrected chi connectivity index (χ4v) is 4.74. The van der Waals surface area contributed by atoms with E-state index in [1.165, 1.54) is 30.0 Å². The van der Waals surface area contributed by atoms with E-state index in [1.54, 1.807) is 0 Å². The Bertz CT molecular complexity index is 1340. The van der Waals surface area contributed by atoms with E-state index < -0.39 is 0 Å². The van der Waals surface area contributed by atoms with Crippen molar-refractivity contribution < 1.29 is 9.21 Å². The van der Waals surface area contributed by atoms with Crippen LogP contribution in [0.25, 0.3) is 21.9 Å². The van der Waals surface area contributed by atoms with Gasteiger partial charge in [-0.1, -0.05) is 0 Å². The Morgan fingerprint density at radius 2 is 1.94 bits per heavy atom. The summed E-state index contributed by atoms with van der Waals surface area (Å²) < 4.78 is 5.61. The number of hydrogen-bond donors (Lipinski definition) is 1. The molecule has 0 spiro atoms. The summed E-state index contributed by atoms with van der Waals surface area (Å²) in [4.78, 5) is 19.9. The van der Waals surface area contributed by atoms with Crippen molar-refractivity contribution in [3.05, 3.63) is 65.5 Å². The largest absolute Gasteiger partial charge is 0.453 e. The van der Waals surface area contributed by atoms with E-state index in [9.17, 15) is 4.79 Å². The first kappa shape index (κ1) is 21.3. The molecule has 0 unspecified atom stereocenters. The van der Waals surface area contributed by atoms with Gasteiger partial charge in [-0.25, -0.2) is 0 Å². The number of ketones is 1. The van der Waals surface area contributed by atoms with Crippen molar-refractivity contribution >= 4 is 33.3 Å². The predicted molar refractivity (Wildman–Crippen MR) is 131 cm³/mol. The molecule has 168 valence electrons. The molecule has 3 heterocycles. The number of unbranched alkanes of at least 4 members (excludes halogenated alkanes) is 1. The second-order valence-corrected chi connectivity index (χ2v) is 8.86. The summed E-state index contributed by atoms with van der Waals surface area (Å²) in [5.74, 6) is 0.378. The number of Topliss-reactive ketones (excluding diaryl/α,β-unsaturated/α-hetero) is 1. The van der Waals surface area contributed by atoms with Gasteiger partial charge in [-0.2, -0.15) is 5.26 Å². The number of furan rings is 1. The molecule has 0 radical (unpaired) electrons. The molecule has 0 aliphatic carbocycles. The first-order valence-corrected chi connectivity index (χ1v) is 11.6. The van der Waals surface area contributed by atoms with Crippen LogP contribution in [0.15, 0.2) is 53.1 Å². The van der Waals surface area contributed by atoms with Gasteiger partial charge >= 0.3 is 0 Å². The number of aromatic amines is 1. The second kappa shape index (κ2) is 9.13. The number of aryl methyl sites for hydroxylation is 1. The van der Waals surface area contributed by atoms with Gasteiger partial charge in [0.2, 0.25) is 0 Å². The molecule has 6 heteroatoms. The summed E-state index contributed by atoms with van der Waals surface area (Å²) in [6.45, 7) is 6.76. The van der Waals surface area contributed by atoms with Gasteiger partial charge in [-0.05, 0) is 73.8 Å². The Hall–Kier alpha value is -3.56. The monoisotopic (exact) mass is 440 g/mol. The molecule has 0 atom stereocenters. The lowest BCUT2D eigenvalue weighted by Crippen LogP contribution is -2.46. The van der Waals surface area contributed by atoms with Gasteiger partial charge in [0, 0.05) is 61.3 Å². The highest BCUT2D eigenvalue weighted by Gasteiger charge is 2.18. The molecule has 1 aliphatic heterocycles. The van der Waals surface area contributed by atoms with Crippen molar-refractivity contribution in [2.45, 2.75) is 26.2 Å². The number of carbonyl (C=O) groups excluding carboxylic acids is 1. The zero-order valence-electron chi connectivity index (χ0n) is 18.9. The van der Waals surface area contributed by atoms with Crippen LogP contribution in [-0.4, -0.2) is 48.4 Å². The number of aromatic nitrogens is 1. The van der Waals surface area contributed by atoms with Crippen LogP contribution in [0.5, 0.6) is 0 Å². The van der Waals surface area contributed by atoms with E-state index in [-0.39, 0.29) is 5.78 Å². The molecule has 1 N–H and O–H groups in total. The van der Waals surface area contributed by atoms with E-state index in [1.807, 2.05) is 30.3 Å². The molecule has 1 fully saturated rings. The van der Waals surface area contributed by atoms with Crippen LogP contribution < -0.4 is 4.90 Å². The topological polar surface area (TPSA) is 76.3 Å². The summed E-state index contributed by atoms with van der Waals surface area (Å²) >= 11 is 0. The lowest BCUT2D eigenvalue weighted by atomic mass is 10.1. The standard InChI is InChI=1S/C27H28N4O2/c1-19(32)27-16-22-15-23(6-8-26(22)33-27)31-12-10-30(11-13-31)9-3-2-4-21-18-29-25-7-5-20(17-28)14-24(21)25/h5-8,14-16,18,29H,2-4,9-13H2,1H3. The van der Waals surface area contributed by atoms with Crippen molar-refractivity contribution in [3.8, 4) is 6.07 Å². The molecule has 4 aromatic rings. The van der Waals surface area contributed by atoms with Gasteiger partial charge < -0.3 is 14.3 Å². The zero-order chi connectivity index (χ0) is 22.8. The molecular formula is C27H28N4O2. The Morgan fingerprint density at radius 3 is 2.73 bits per heavy atom. The molecule has 1 saturated heterocycles. The summed E-state index contributed by atoms with van der Waals surface area (Å²) in [6.07, 6.45) is 5.42. The van der Waals surface area contributed by atoms with Crippen LogP contribution >= 0.6 is 0 Å². The Labute approximate surface area is 193 Å². The number of rotatable bonds is 7. The molecule has 0 saturated carbocycles. The van der Waals surface area contributed by atoms with Gasteiger partial charge in [-0.3, -0.25) is 9.69 Å². The second-order valence-electron chi connectivity index (χ2n) is 8.86. The molecule has 2 aromatic carbocycles. The highest BCUT2D eigenvalue weighted by molar-refractivity contribution is 5.96. The number of anilines is 1. The third kappa shape index (κ3) is 4.50. The van der Waals surface area contributed by atoms with Gasteiger partial charge in [0.25, 0.3) is 0 Å². The summed E-state index contributed by atoms with van der Waals surface area (Å²) in [5, 5.41) is 11.3. The van der Waals surface area contributed by atoms with Crippen molar-refractivity contribution in [2.75, 3.05) is 37.6 Å². The van der Waals surface area contributed by atoms with E-state index in [0.717, 1.165) is 62.1 Å². The lowest BCUT2D eigenvalue weighted by molar-refractivity contribution is 0.0989. The number of nitrogens with zero attached hydrogens (tertiary/aromatic N) is 3. The first-order chi connectivity index (χ1) is 16.1. The normalized spacial score (nSPS) is 14.7. The molecular weight excluding hydrogens is 412 g/mol. The Morgan fingerprint density at radius 1 is 1.09 bits per heavy atom. The van der Waals surface area contributed by atoms with E-state index >= 15 is 0 Å². The highest BCUT2D eigenvalue weighted by Crippen LogP contribution is 2.26. The number of piperazine rings is 1. The minimum absolute atomic E-state index is 0.0435. The van der Waals surface area contributed by atoms with Crippen LogP contribution in [0.3, 0.4) is 0 Å². The van der Waals surface area contributed by atoms with Crippen LogP contribution in [-0.2, 0) is 6.42 Å². The van der Waals surface area contributed by atoms with Gasteiger partial charge in [0.15, 0.2) is 11.5 Å². The van der Waals surface area contributed by atoms with E-state index in [0.29, 0.717) is 11.3 Å². The van der Waals surface area contributed by atoms with Crippen molar-refractivity contribution in [2.24, 2.45) is 0 Å². The molecule has 0 bridgehead atoms. The van der Waals surface area contributed by atoms with Crippen molar-refractivity contribution in [3.63, 3.8) is 0 Å². The number of nitriles is 1. The van der Waals surface area contributed by atoms with Gasteiger partial charge in [0.05, 0.1) is 11.6 Å². The van der Waals surface area contributed by atoms with Gasteiger partial charge in [0.1, 0.15) is 5.58 Å². The number of nitrogens with one attached hydrogen (secondary N) is 1. The third-order valence-corrected chi connectivity index (χ3v) is 6.65. The van der Waals surface area contributed by atoms with Crippen LogP contribution in [0.1, 0.15) is 41.4 Å². The van der Waals surface area contributed by atoms with E-state index in [2.05, 4.69) is 39.2 Å². The average Bonchev–Trinajstić information content (AvgIpc) is 3.45. The number of H-pyrrole nitrogens is 1. The maximum Gasteiger partial charge on any atom is 0.194 e.